The van der Waals surface area contributed by atoms with Gasteiger partial charge in [0.05, 0.1) is 0 Å². The molecule has 0 aliphatic carbocycles. The normalized spacial score (nSPS) is 10.6. The Hall–Kier alpha value is -1.81. The van der Waals surface area contributed by atoms with E-state index in [-0.39, 0.29) is 11.4 Å². The van der Waals surface area contributed by atoms with Crippen LogP contribution in [0.1, 0.15) is 5.56 Å². The Morgan fingerprint density at radius 3 is 2.53 bits per heavy atom. The Kier molecular flexibility index (Phi) is 3.15. The molecule has 0 heterocycles. The fourth-order valence-electron chi connectivity index (χ4n) is 1.61. The van der Waals surface area contributed by atoms with Crippen LogP contribution in [0.2, 0.25) is 5.02 Å². The molecule has 2 aromatic carbocycles. The number of rotatable bonds is 4. The number of nitrogens with two attached hydrogens (primary N) is 1. The molecule has 0 unspecified atom stereocenters. The quantitative estimate of drug-likeness (QED) is 0.799. The number of anilines is 2. The lowest BCUT2D eigenvalue weighted by molar-refractivity contribution is 1.01. The van der Waals surface area contributed by atoms with Gasteiger partial charge in [-0.05, 0) is 18.1 Å². The van der Waals surface area contributed by atoms with E-state index in [0.717, 1.165) is 5.56 Å². The second-order valence-electron chi connectivity index (χ2n) is 3.72. The summed E-state index contributed by atoms with van der Waals surface area (Å²) in [6.07, 6.45) is 0.665. The van der Waals surface area contributed by atoms with E-state index >= 15 is 0 Å². The third-order valence-electron chi connectivity index (χ3n) is 2.60. The minimum atomic E-state index is -0.606. The zero-order valence-electron chi connectivity index (χ0n) is 9.00. The van der Waals surface area contributed by atoms with Crippen LogP contribution in [-0.4, -0.2) is 6.54 Å². The molecule has 0 aromatic heterocycles. The number of hydrogen-bond acceptors (Lipinski definition) is 4. The van der Waals surface area contributed by atoms with Crippen molar-refractivity contribution >= 4 is 23.0 Å². The Morgan fingerprint density at radius 2 is 1.88 bits per heavy atom. The highest BCUT2D eigenvalue weighted by Gasteiger charge is 2.16. The van der Waals surface area contributed by atoms with Crippen molar-refractivity contribution in [2.24, 2.45) is 0 Å². The largest absolute Gasteiger partial charge is 0.394 e. The van der Waals surface area contributed by atoms with Crippen molar-refractivity contribution in [1.29, 1.82) is 0 Å². The second kappa shape index (κ2) is 4.59. The van der Waals surface area contributed by atoms with Gasteiger partial charge in [0.25, 0.3) is 10.9 Å². The standard InChI is InChI=1S/C12H11ClN2O2/c13-8-4-2-1-3-7(8)5-6-15-10-9(14)11(16)12(10)17/h1-4,15H,5-6,14H2. The predicted octanol–water partition coefficient (Wildman–Crippen LogP) is 1.17. The average molecular weight is 251 g/mol. The molecule has 2 rings (SSSR count). The van der Waals surface area contributed by atoms with Crippen LogP contribution in [0, 0.1) is 0 Å². The Morgan fingerprint density at radius 1 is 1.18 bits per heavy atom. The first-order valence-corrected chi connectivity index (χ1v) is 5.55. The molecule has 5 heteroatoms. The van der Waals surface area contributed by atoms with Gasteiger partial charge in [-0.15, -0.1) is 0 Å². The fourth-order valence-corrected chi connectivity index (χ4v) is 1.84. The Bertz CT molecular complexity index is 615. The highest BCUT2D eigenvalue weighted by molar-refractivity contribution is 6.31. The molecule has 88 valence electrons. The molecule has 0 bridgehead atoms. The zero-order chi connectivity index (χ0) is 12.4. The number of benzene rings is 1. The minimum absolute atomic E-state index is 0.0224. The molecule has 17 heavy (non-hydrogen) atoms. The molecule has 4 nitrogen and oxygen atoms in total. The maximum Gasteiger partial charge on any atom is 0.253 e. The van der Waals surface area contributed by atoms with Gasteiger partial charge in [-0.1, -0.05) is 29.8 Å². The summed E-state index contributed by atoms with van der Waals surface area (Å²) in [5.41, 5.74) is 5.47. The monoisotopic (exact) mass is 250 g/mol. The first-order valence-electron chi connectivity index (χ1n) is 5.17. The van der Waals surface area contributed by atoms with Gasteiger partial charge in [-0.3, -0.25) is 9.59 Å². The summed E-state index contributed by atoms with van der Waals surface area (Å²) < 4.78 is 0. The van der Waals surface area contributed by atoms with Gasteiger partial charge < -0.3 is 11.1 Å². The van der Waals surface area contributed by atoms with Crippen molar-refractivity contribution in [2.45, 2.75) is 6.42 Å². The number of halogens is 1. The van der Waals surface area contributed by atoms with Gasteiger partial charge in [-0.2, -0.15) is 0 Å². The van der Waals surface area contributed by atoms with E-state index in [9.17, 15) is 9.59 Å². The van der Waals surface area contributed by atoms with Crippen molar-refractivity contribution in [1.82, 2.24) is 0 Å². The molecule has 3 N–H and O–H groups in total. The molecule has 0 aliphatic heterocycles. The zero-order valence-corrected chi connectivity index (χ0v) is 9.75. The summed E-state index contributed by atoms with van der Waals surface area (Å²) in [4.78, 5) is 22.0. The molecular formula is C12H11ClN2O2. The van der Waals surface area contributed by atoms with Crippen LogP contribution >= 0.6 is 11.6 Å². The van der Waals surface area contributed by atoms with E-state index < -0.39 is 10.9 Å². The predicted molar refractivity (Wildman–Crippen MR) is 69.4 cm³/mol. The fraction of sp³-hybridized carbons (Fsp3) is 0.167. The summed E-state index contributed by atoms with van der Waals surface area (Å²) in [5.74, 6) is 0. The van der Waals surface area contributed by atoms with Crippen LogP contribution in [0.15, 0.2) is 33.9 Å². The lowest BCUT2D eigenvalue weighted by Crippen LogP contribution is -2.37. The van der Waals surface area contributed by atoms with Gasteiger partial charge in [0, 0.05) is 11.6 Å². The van der Waals surface area contributed by atoms with Gasteiger partial charge in [-0.25, -0.2) is 0 Å². The van der Waals surface area contributed by atoms with Gasteiger partial charge in [0.2, 0.25) is 0 Å². The molecule has 0 saturated carbocycles. The lowest BCUT2D eigenvalue weighted by Gasteiger charge is -2.10. The van der Waals surface area contributed by atoms with Crippen LogP contribution in [0.25, 0.3) is 0 Å². The lowest BCUT2D eigenvalue weighted by atomic mass is 10.1. The number of hydrogen-bond donors (Lipinski definition) is 2. The van der Waals surface area contributed by atoms with Crippen molar-refractivity contribution in [3.63, 3.8) is 0 Å². The van der Waals surface area contributed by atoms with Crippen molar-refractivity contribution in [2.75, 3.05) is 17.6 Å². The molecule has 0 radical (unpaired) electrons. The first-order chi connectivity index (χ1) is 8.11. The molecule has 0 amide bonds. The summed E-state index contributed by atoms with van der Waals surface area (Å²) in [6.45, 7) is 0.513. The average Bonchev–Trinajstić information content (AvgIpc) is 2.35. The molecule has 0 atom stereocenters. The third kappa shape index (κ3) is 2.17. The van der Waals surface area contributed by atoms with Crippen LogP contribution in [-0.2, 0) is 6.42 Å². The van der Waals surface area contributed by atoms with E-state index in [1.165, 1.54) is 0 Å². The molecular weight excluding hydrogens is 240 g/mol. The van der Waals surface area contributed by atoms with E-state index in [4.69, 9.17) is 17.3 Å². The first kappa shape index (κ1) is 11.7. The molecule has 0 spiro atoms. The number of nitrogens with one attached hydrogen (secondary N) is 1. The summed E-state index contributed by atoms with van der Waals surface area (Å²) in [7, 11) is 0. The third-order valence-corrected chi connectivity index (χ3v) is 2.97. The van der Waals surface area contributed by atoms with E-state index in [1.54, 1.807) is 0 Å². The second-order valence-corrected chi connectivity index (χ2v) is 4.12. The molecule has 0 aliphatic rings. The van der Waals surface area contributed by atoms with Crippen LogP contribution in [0.4, 0.5) is 11.4 Å². The maximum atomic E-state index is 11.1. The molecule has 0 fully saturated rings. The van der Waals surface area contributed by atoms with E-state index in [1.807, 2.05) is 24.3 Å². The van der Waals surface area contributed by atoms with Crippen molar-refractivity contribution in [3.05, 3.63) is 55.3 Å². The topological polar surface area (TPSA) is 72.2 Å². The van der Waals surface area contributed by atoms with Crippen molar-refractivity contribution < 1.29 is 0 Å². The van der Waals surface area contributed by atoms with E-state index in [2.05, 4.69) is 5.32 Å². The van der Waals surface area contributed by atoms with E-state index in [0.29, 0.717) is 18.0 Å². The molecule has 0 saturated heterocycles. The van der Waals surface area contributed by atoms with Crippen LogP contribution < -0.4 is 21.9 Å². The Labute approximate surface area is 103 Å². The highest BCUT2D eigenvalue weighted by Crippen LogP contribution is 2.16. The SMILES string of the molecule is Nc1c(NCCc2ccccc2Cl)c(=O)c1=O. The van der Waals surface area contributed by atoms with Gasteiger partial charge >= 0.3 is 0 Å². The summed E-state index contributed by atoms with van der Waals surface area (Å²) in [6, 6.07) is 7.47. The Balaban J connectivity index is 1.96. The maximum absolute atomic E-state index is 11.1. The van der Waals surface area contributed by atoms with Crippen molar-refractivity contribution in [3.8, 4) is 0 Å². The number of nitrogen functional groups attached to an aromatic ring is 1. The summed E-state index contributed by atoms with van der Waals surface area (Å²) >= 11 is 5.98. The van der Waals surface area contributed by atoms with Gasteiger partial charge in [0.15, 0.2) is 0 Å². The van der Waals surface area contributed by atoms with Crippen LogP contribution in [0.3, 0.4) is 0 Å². The summed E-state index contributed by atoms with van der Waals surface area (Å²) in [5, 5.41) is 3.54. The minimum Gasteiger partial charge on any atom is -0.394 e. The van der Waals surface area contributed by atoms with Crippen LogP contribution in [0.5, 0.6) is 0 Å². The molecule has 2 aromatic rings. The smallest absolute Gasteiger partial charge is 0.253 e. The highest BCUT2D eigenvalue weighted by atomic mass is 35.5. The van der Waals surface area contributed by atoms with Gasteiger partial charge in [0.1, 0.15) is 11.4 Å².